The summed E-state index contributed by atoms with van der Waals surface area (Å²) in [7, 11) is 1.58. The van der Waals surface area contributed by atoms with E-state index in [4.69, 9.17) is 15.2 Å². The molecule has 4 heterocycles. The highest BCUT2D eigenvalue weighted by Gasteiger charge is 2.28. The molecule has 188 valence electrons. The minimum Gasteiger partial charge on any atom is -0.497 e. The third kappa shape index (κ3) is 4.64. The quantitative estimate of drug-likeness (QED) is 0.557. The van der Waals surface area contributed by atoms with Crippen LogP contribution in [0.4, 0.5) is 16.3 Å². The molecule has 2 aliphatic heterocycles. The average molecular weight is 492 g/mol. The Morgan fingerprint density at radius 2 is 1.97 bits per heavy atom. The zero-order valence-corrected chi connectivity index (χ0v) is 20.3. The summed E-state index contributed by atoms with van der Waals surface area (Å²) in [5, 5.41) is 7.43. The van der Waals surface area contributed by atoms with E-state index in [1.54, 1.807) is 47.7 Å². The molecule has 0 aliphatic carbocycles. The van der Waals surface area contributed by atoms with E-state index in [0.717, 1.165) is 41.9 Å². The fourth-order valence-electron chi connectivity index (χ4n) is 4.76. The van der Waals surface area contributed by atoms with E-state index in [1.165, 1.54) is 6.33 Å². The number of nitrogen functional groups attached to an aromatic ring is 1. The van der Waals surface area contributed by atoms with Crippen LogP contribution in [0.2, 0.25) is 0 Å². The van der Waals surface area contributed by atoms with Gasteiger partial charge in [-0.1, -0.05) is 6.08 Å². The zero-order chi connectivity index (χ0) is 25.2. The Kier molecular flexibility index (Phi) is 6.36. The van der Waals surface area contributed by atoms with Crippen LogP contribution in [0.1, 0.15) is 25.5 Å². The summed E-state index contributed by atoms with van der Waals surface area (Å²) in [5.41, 5.74) is 9.81. The van der Waals surface area contributed by atoms with E-state index in [0.29, 0.717) is 37.0 Å². The van der Waals surface area contributed by atoms with Crippen molar-refractivity contribution < 1.29 is 19.1 Å². The monoisotopic (exact) mass is 491 g/mol. The van der Waals surface area contributed by atoms with E-state index < -0.39 is 6.09 Å². The van der Waals surface area contributed by atoms with Gasteiger partial charge in [0.25, 0.3) is 0 Å². The van der Waals surface area contributed by atoms with Gasteiger partial charge in [-0.15, -0.1) is 0 Å². The number of ether oxygens (including phenoxy) is 2. The minimum atomic E-state index is -0.502. The standard InChI is InChI=1S/C25H29N7O4/c1-16(33)30-11-9-17(13-30)21-12-22(23-24(26)27-15-28-32(21)23)31-10-3-4-18(14-31)29-25(34)36-20-7-5-19(35-2)6-8-20/h5-9,12,15,18H,3-4,10-11,13-14H2,1-2H3,(H,29,34)(H2,26,27,28)/t18-/m1/s1. The van der Waals surface area contributed by atoms with Gasteiger partial charge in [-0.3, -0.25) is 4.79 Å². The highest BCUT2D eigenvalue weighted by atomic mass is 16.6. The molecular weight excluding hydrogens is 462 g/mol. The molecule has 2 aliphatic rings. The lowest BCUT2D eigenvalue weighted by Gasteiger charge is -2.34. The van der Waals surface area contributed by atoms with E-state index >= 15 is 0 Å². The van der Waals surface area contributed by atoms with Crippen LogP contribution in [0, 0.1) is 0 Å². The Labute approximate surface area is 208 Å². The first kappa shape index (κ1) is 23.5. The van der Waals surface area contributed by atoms with Gasteiger partial charge in [0.05, 0.1) is 18.5 Å². The van der Waals surface area contributed by atoms with Gasteiger partial charge in [-0.05, 0) is 48.7 Å². The summed E-state index contributed by atoms with van der Waals surface area (Å²) >= 11 is 0. The number of carbonyl (C=O) groups excluding carboxylic acids is 2. The number of amides is 2. The molecule has 5 rings (SSSR count). The maximum atomic E-state index is 12.5. The Balaban J connectivity index is 1.33. The second kappa shape index (κ2) is 9.76. The number of nitrogens with one attached hydrogen (secondary N) is 1. The number of benzene rings is 1. The molecule has 1 aromatic carbocycles. The molecule has 3 aromatic rings. The largest absolute Gasteiger partial charge is 0.497 e. The van der Waals surface area contributed by atoms with Crippen LogP contribution >= 0.6 is 0 Å². The van der Waals surface area contributed by atoms with Crippen LogP contribution in [-0.4, -0.2) is 70.8 Å². The molecule has 1 atom stereocenters. The topological polar surface area (TPSA) is 127 Å². The maximum absolute atomic E-state index is 12.5. The molecule has 0 saturated carbocycles. The lowest BCUT2D eigenvalue weighted by molar-refractivity contribution is -0.127. The van der Waals surface area contributed by atoms with Crippen molar-refractivity contribution in [1.29, 1.82) is 0 Å². The summed E-state index contributed by atoms with van der Waals surface area (Å²) in [5.74, 6) is 1.54. The van der Waals surface area contributed by atoms with Crippen LogP contribution in [0.15, 0.2) is 42.7 Å². The van der Waals surface area contributed by atoms with Crippen molar-refractivity contribution in [3.05, 3.63) is 48.4 Å². The van der Waals surface area contributed by atoms with Crippen LogP contribution in [0.5, 0.6) is 11.5 Å². The van der Waals surface area contributed by atoms with E-state index in [9.17, 15) is 9.59 Å². The highest BCUT2D eigenvalue weighted by Crippen LogP contribution is 2.34. The normalized spacial score (nSPS) is 17.7. The number of carbonyl (C=O) groups is 2. The number of anilines is 2. The molecule has 0 bridgehead atoms. The Morgan fingerprint density at radius 1 is 1.19 bits per heavy atom. The first-order valence-corrected chi connectivity index (χ1v) is 11.9. The second-order valence-corrected chi connectivity index (χ2v) is 8.94. The van der Waals surface area contributed by atoms with Gasteiger partial charge in [-0.2, -0.15) is 5.10 Å². The van der Waals surface area contributed by atoms with Crippen molar-refractivity contribution in [1.82, 2.24) is 24.8 Å². The van der Waals surface area contributed by atoms with E-state index in [-0.39, 0.29) is 11.9 Å². The van der Waals surface area contributed by atoms with E-state index in [2.05, 4.69) is 20.3 Å². The van der Waals surface area contributed by atoms with Gasteiger partial charge in [-0.25, -0.2) is 14.3 Å². The van der Waals surface area contributed by atoms with Crippen molar-refractivity contribution >= 4 is 34.6 Å². The fourth-order valence-corrected chi connectivity index (χ4v) is 4.76. The molecule has 2 aromatic heterocycles. The van der Waals surface area contributed by atoms with Gasteiger partial charge in [0.2, 0.25) is 5.91 Å². The Bertz CT molecular complexity index is 1320. The fraction of sp³-hybridized carbons (Fsp3) is 0.360. The molecule has 0 radical (unpaired) electrons. The summed E-state index contributed by atoms with van der Waals surface area (Å²) < 4.78 is 12.4. The highest BCUT2D eigenvalue weighted by molar-refractivity contribution is 5.89. The van der Waals surface area contributed by atoms with Crippen molar-refractivity contribution in [2.75, 3.05) is 43.9 Å². The smallest absolute Gasteiger partial charge is 0.412 e. The molecule has 0 unspecified atom stereocenters. The molecular formula is C25H29N7O4. The number of fused-ring (bicyclic) bond motifs is 1. The summed E-state index contributed by atoms with van der Waals surface area (Å²) in [6.07, 6.45) is 4.69. The van der Waals surface area contributed by atoms with Gasteiger partial charge < -0.3 is 30.3 Å². The van der Waals surface area contributed by atoms with Crippen LogP contribution in [0.3, 0.4) is 0 Å². The maximum Gasteiger partial charge on any atom is 0.412 e. The van der Waals surface area contributed by atoms with Crippen molar-refractivity contribution in [2.24, 2.45) is 0 Å². The van der Waals surface area contributed by atoms with Crippen LogP contribution < -0.4 is 25.4 Å². The molecule has 36 heavy (non-hydrogen) atoms. The lowest BCUT2D eigenvalue weighted by Crippen LogP contribution is -2.48. The first-order valence-electron chi connectivity index (χ1n) is 11.9. The van der Waals surface area contributed by atoms with Gasteiger partial charge >= 0.3 is 6.09 Å². The van der Waals surface area contributed by atoms with Crippen molar-refractivity contribution in [2.45, 2.75) is 25.8 Å². The number of piperidine rings is 1. The first-order chi connectivity index (χ1) is 17.4. The molecule has 11 nitrogen and oxygen atoms in total. The number of nitrogens with zero attached hydrogens (tertiary/aromatic N) is 5. The van der Waals surface area contributed by atoms with Crippen LogP contribution in [0.25, 0.3) is 11.1 Å². The number of rotatable bonds is 5. The predicted octanol–water partition coefficient (Wildman–Crippen LogP) is 2.32. The molecule has 1 fully saturated rings. The molecule has 1 saturated heterocycles. The van der Waals surface area contributed by atoms with Crippen molar-refractivity contribution in [3.8, 4) is 11.5 Å². The predicted molar refractivity (Wildman–Crippen MR) is 135 cm³/mol. The summed E-state index contributed by atoms with van der Waals surface area (Å²) in [4.78, 5) is 32.6. The number of aromatic nitrogens is 3. The number of hydrogen-bond acceptors (Lipinski definition) is 8. The molecule has 11 heteroatoms. The van der Waals surface area contributed by atoms with E-state index in [1.807, 2.05) is 12.1 Å². The third-order valence-electron chi connectivity index (χ3n) is 6.61. The Hall–Kier alpha value is -4.28. The Morgan fingerprint density at radius 3 is 2.69 bits per heavy atom. The van der Waals surface area contributed by atoms with Crippen LogP contribution in [-0.2, 0) is 4.79 Å². The SMILES string of the molecule is COc1ccc(OC(=O)N[C@@H]2CCCN(c3cc(C4=CCN(C(C)=O)C4)n4ncnc(N)c34)C2)cc1. The third-order valence-corrected chi connectivity index (χ3v) is 6.61. The minimum absolute atomic E-state index is 0.0305. The van der Waals surface area contributed by atoms with Gasteiger partial charge in [0, 0.05) is 39.1 Å². The number of methoxy groups -OCH3 is 1. The zero-order valence-electron chi connectivity index (χ0n) is 20.3. The molecule has 0 spiro atoms. The van der Waals surface area contributed by atoms with Gasteiger partial charge in [0.1, 0.15) is 23.3 Å². The summed E-state index contributed by atoms with van der Waals surface area (Å²) in [6.45, 7) is 4.05. The summed E-state index contributed by atoms with van der Waals surface area (Å²) in [6, 6.07) is 8.80. The van der Waals surface area contributed by atoms with Crippen molar-refractivity contribution in [3.63, 3.8) is 0 Å². The van der Waals surface area contributed by atoms with Gasteiger partial charge in [0.15, 0.2) is 5.82 Å². The average Bonchev–Trinajstić information content (AvgIpc) is 3.51. The molecule has 3 N–H and O–H groups in total. The number of hydrogen-bond donors (Lipinski definition) is 2. The second-order valence-electron chi connectivity index (χ2n) is 8.94. The number of nitrogens with two attached hydrogens (primary N) is 1. The lowest BCUT2D eigenvalue weighted by atomic mass is 10.1. The molecule has 2 amide bonds.